The second-order valence-electron chi connectivity index (χ2n) is 8.80. The first-order valence-corrected chi connectivity index (χ1v) is 11.2. The lowest BCUT2D eigenvalue weighted by Crippen LogP contribution is -2.36. The molecule has 8 heteroatoms. The molecule has 2 amide bonds. The Morgan fingerprint density at radius 1 is 0.970 bits per heavy atom. The average Bonchev–Trinajstić information content (AvgIpc) is 3.18. The summed E-state index contributed by atoms with van der Waals surface area (Å²) in [4.78, 5) is 37.0. The van der Waals surface area contributed by atoms with Crippen molar-refractivity contribution in [1.29, 1.82) is 0 Å². The lowest BCUT2D eigenvalue weighted by Gasteiger charge is -2.19. The van der Waals surface area contributed by atoms with Gasteiger partial charge < -0.3 is 24.8 Å². The summed E-state index contributed by atoms with van der Waals surface area (Å²) in [6.07, 6.45) is -0.522. The summed E-state index contributed by atoms with van der Waals surface area (Å²) in [7, 11) is 0. The van der Waals surface area contributed by atoms with Gasteiger partial charge in [0.05, 0.1) is 12.5 Å². The van der Waals surface area contributed by atoms with Crippen molar-refractivity contribution in [3.05, 3.63) is 59.7 Å². The quantitative estimate of drug-likeness (QED) is 0.598. The number of piperidine rings is 1. The van der Waals surface area contributed by atoms with E-state index in [1.54, 1.807) is 4.90 Å². The van der Waals surface area contributed by atoms with E-state index >= 15 is 0 Å². The van der Waals surface area contributed by atoms with Crippen molar-refractivity contribution in [2.75, 3.05) is 39.5 Å². The van der Waals surface area contributed by atoms with Crippen molar-refractivity contribution in [2.45, 2.75) is 5.92 Å². The second-order valence-corrected chi connectivity index (χ2v) is 8.80. The van der Waals surface area contributed by atoms with Gasteiger partial charge in [-0.3, -0.25) is 9.59 Å². The third kappa shape index (κ3) is 4.18. The number of hydrogen-bond donors (Lipinski definition) is 2. The number of nitrogens with zero attached hydrogens (tertiary/aromatic N) is 1. The predicted molar refractivity (Wildman–Crippen MR) is 119 cm³/mol. The molecule has 2 unspecified atom stereocenters. The molecule has 1 aliphatic heterocycles. The van der Waals surface area contributed by atoms with Gasteiger partial charge in [0, 0.05) is 25.6 Å². The van der Waals surface area contributed by atoms with Gasteiger partial charge >= 0.3 is 12.1 Å². The van der Waals surface area contributed by atoms with Gasteiger partial charge in [0.1, 0.15) is 13.2 Å². The van der Waals surface area contributed by atoms with Crippen LogP contribution in [0.15, 0.2) is 48.5 Å². The van der Waals surface area contributed by atoms with Crippen molar-refractivity contribution in [3.63, 3.8) is 0 Å². The minimum absolute atomic E-state index is 0.00409. The van der Waals surface area contributed by atoms with Crippen LogP contribution in [0, 0.1) is 17.8 Å². The Morgan fingerprint density at radius 2 is 1.58 bits per heavy atom. The standard InChI is InChI=1S/C25H26N2O6/c28-22(27-11-19-20(12-27)23(19)24(29)30)14-32-10-9-26-25(31)33-13-21-17-7-3-1-5-15(17)16-6-2-4-8-18(16)21/h1-8,19-21,23H,9-14H2,(H,26,31)(H,29,30). The summed E-state index contributed by atoms with van der Waals surface area (Å²) >= 11 is 0. The molecule has 0 spiro atoms. The van der Waals surface area contributed by atoms with Crippen molar-refractivity contribution < 1.29 is 29.0 Å². The molecule has 8 nitrogen and oxygen atoms in total. The third-order valence-corrected chi connectivity index (χ3v) is 6.92. The van der Waals surface area contributed by atoms with E-state index in [0.717, 1.165) is 11.1 Å². The van der Waals surface area contributed by atoms with Crippen LogP contribution in [0.1, 0.15) is 17.0 Å². The number of amides is 2. The lowest BCUT2D eigenvalue weighted by atomic mass is 9.98. The molecule has 2 fully saturated rings. The fourth-order valence-corrected chi connectivity index (χ4v) is 5.22. The van der Waals surface area contributed by atoms with Gasteiger partial charge in [-0.25, -0.2) is 4.79 Å². The summed E-state index contributed by atoms with van der Waals surface area (Å²) in [5, 5.41) is 11.7. The molecule has 0 bridgehead atoms. The van der Waals surface area contributed by atoms with E-state index in [0.29, 0.717) is 13.1 Å². The molecule has 2 aromatic carbocycles. The molecule has 0 aromatic heterocycles. The van der Waals surface area contributed by atoms with Gasteiger partial charge in [0.15, 0.2) is 0 Å². The maximum Gasteiger partial charge on any atom is 0.407 e. The Morgan fingerprint density at radius 3 is 2.18 bits per heavy atom. The maximum atomic E-state index is 12.2. The van der Waals surface area contributed by atoms with E-state index in [-0.39, 0.29) is 55.9 Å². The number of rotatable bonds is 8. The van der Waals surface area contributed by atoms with Crippen LogP contribution in [0.2, 0.25) is 0 Å². The minimum atomic E-state index is -0.771. The predicted octanol–water partition coefficient (Wildman–Crippen LogP) is 2.33. The molecule has 0 radical (unpaired) electrons. The number of aliphatic carboxylic acids is 1. The molecule has 2 aromatic rings. The van der Waals surface area contributed by atoms with Gasteiger partial charge in [-0.15, -0.1) is 0 Å². The van der Waals surface area contributed by atoms with Crippen molar-refractivity contribution >= 4 is 18.0 Å². The summed E-state index contributed by atoms with van der Waals surface area (Å²) in [6, 6.07) is 16.3. The fourth-order valence-electron chi connectivity index (χ4n) is 5.22. The van der Waals surface area contributed by atoms with Gasteiger partial charge in [-0.05, 0) is 34.1 Å². The van der Waals surface area contributed by atoms with Crippen LogP contribution in [0.25, 0.3) is 11.1 Å². The molecule has 2 N–H and O–H groups in total. The summed E-state index contributed by atoms with van der Waals surface area (Å²) < 4.78 is 10.8. The lowest BCUT2D eigenvalue weighted by molar-refractivity contribution is -0.141. The van der Waals surface area contributed by atoms with Crippen LogP contribution in [-0.2, 0) is 19.1 Å². The Hall–Kier alpha value is -3.39. The second kappa shape index (κ2) is 8.86. The van der Waals surface area contributed by atoms with E-state index in [1.165, 1.54) is 11.1 Å². The molecular weight excluding hydrogens is 424 g/mol. The van der Waals surface area contributed by atoms with Crippen LogP contribution in [0.4, 0.5) is 4.79 Å². The Kier molecular flexibility index (Phi) is 5.76. The molecular formula is C25H26N2O6. The third-order valence-electron chi connectivity index (χ3n) is 6.92. The first kappa shape index (κ1) is 21.5. The van der Waals surface area contributed by atoms with Crippen molar-refractivity contribution in [3.8, 4) is 11.1 Å². The van der Waals surface area contributed by atoms with Crippen molar-refractivity contribution in [2.24, 2.45) is 17.8 Å². The van der Waals surface area contributed by atoms with Gasteiger partial charge in [-0.2, -0.15) is 0 Å². The number of likely N-dealkylation sites (tertiary alicyclic amines) is 1. The molecule has 1 saturated heterocycles. The summed E-state index contributed by atoms with van der Waals surface area (Å²) in [6.45, 7) is 1.56. The zero-order valence-corrected chi connectivity index (χ0v) is 18.1. The number of carbonyl (C=O) groups excluding carboxylic acids is 2. The van der Waals surface area contributed by atoms with Gasteiger partial charge in [-0.1, -0.05) is 48.5 Å². The number of hydrogen-bond acceptors (Lipinski definition) is 5. The van der Waals surface area contributed by atoms with Crippen LogP contribution in [0.5, 0.6) is 0 Å². The normalized spacial score (nSPS) is 22.3. The molecule has 1 saturated carbocycles. The largest absolute Gasteiger partial charge is 0.481 e. The van der Waals surface area contributed by atoms with E-state index in [9.17, 15) is 14.4 Å². The highest BCUT2D eigenvalue weighted by molar-refractivity contribution is 5.80. The highest BCUT2D eigenvalue weighted by Gasteiger charge is 2.60. The van der Waals surface area contributed by atoms with E-state index in [1.807, 2.05) is 24.3 Å². The Balaban J connectivity index is 1.01. The number of nitrogens with one attached hydrogen (secondary N) is 1. The first-order valence-electron chi connectivity index (χ1n) is 11.2. The molecule has 2 atom stereocenters. The highest BCUT2D eigenvalue weighted by Crippen LogP contribution is 2.51. The fraction of sp³-hybridized carbons (Fsp3) is 0.400. The van der Waals surface area contributed by atoms with Crippen molar-refractivity contribution in [1.82, 2.24) is 10.2 Å². The van der Waals surface area contributed by atoms with E-state index < -0.39 is 12.1 Å². The molecule has 2 aliphatic carbocycles. The zero-order chi connectivity index (χ0) is 22.9. The number of ether oxygens (including phenoxy) is 2. The van der Waals surface area contributed by atoms with Crippen LogP contribution >= 0.6 is 0 Å². The SMILES string of the molecule is O=C(NCCOCC(=O)N1CC2C(C1)C2C(=O)O)OCC1c2ccccc2-c2ccccc21. The van der Waals surface area contributed by atoms with Gasteiger partial charge in [0.25, 0.3) is 0 Å². The number of benzene rings is 2. The topological polar surface area (TPSA) is 105 Å². The first-order chi connectivity index (χ1) is 16.0. The maximum absolute atomic E-state index is 12.2. The molecule has 172 valence electrons. The molecule has 3 aliphatic rings. The number of alkyl carbamates (subject to hydrolysis) is 1. The Bertz CT molecular complexity index is 1030. The Labute approximate surface area is 191 Å². The summed E-state index contributed by atoms with van der Waals surface area (Å²) in [5.41, 5.74) is 4.66. The zero-order valence-electron chi connectivity index (χ0n) is 18.1. The van der Waals surface area contributed by atoms with Crippen LogP contribution in [-0.4, -0.2) is 67.4 Å². The van der Waals surface area contributed by atoms with Crippen LogP contribution < -0.4 is 5.32 Å². The van der Waals surface area contributed by atoms with Gasteiger partial charge in [0.2, 0.25) is 5.91 Å². The molecule has 5 rings (SSSR count). The van der Waals surface area contributed by atoms with E-state index in [4.69, 9.17) is 14.6 Å². The number of carbonyl (C=O) groups is 3. The number of carboxylic acids is 1. The van der Waals surface area contributed by atoms with Crippen LogP contribution in [0.3, 0.4) is 0 Å². The highest BCUT2D eigenvalue weighted by atomic mass is 16.5. The molecule has 1 heterocycles. The van der Waals surface area contributed by atoms with E-state index in [2.05, 4.69) is 29.6 Å². The monoisotopic (exact) mass is 450 g/mol. The smallest absolute Gasteiger partial charge is 0.407 e. The average molecular weight is 450 g/mol. The summed E-state index contributed by atoms with van der Waals surface area (Å²) in [5.74, 6) is -1.04. The number of carboxylic acid groups (broad SMARTS) is 1. The number of fused-ring (bicyclic) bond motifs is 4. The minimum Gasteiger partial charge on any atom is -0.481 e. The molecule has 33 heavy (non-hydrogen) atoms.